The third-order valence-corrected chi connectivity index (χ3v) is 4.73. The van der Waals surface area contributed by atoms with Crippen molar-refractivity contribution in [2.75, 3.05) is 13.1 Å². The molecule has 1 fully saturated rings. The molecule has 138 valence electrons. The minimum Gasteiger partial charge on any atom is -0.352 e. The molecule has 0 aromatic carbocycles. The van der Waals surface area contributed by atoms with Crippen molar-refractivity contribution in [1.29, 1.82) is 0 Å². The van der Waals surface area contributed by atoms with E-state index in [9.17, 15) is 14.4 Å². The molecule has 2 rings (SSSR count). The van der Waals surface area contributed by atoms with E-state index in [0.29, 0.717) is 31.5 Å². The van der Waals surface area contributed by atoms with Gasteiger partial charge in [-0.3, -0.25) is 14.4 Å². The van der Waals surface area contributed by atoms with E-state index in [2.05, 4.69) is 10.3 Å². The molecule has 0 saturated carbocycles. The van der Waals surface area contributed by atoms with Crippen LogP contribution in [0.5, 0.6) is 0 Å². The number of hydrogen-bond acceptors (Lipinski definition) is 3. The Bertz CT molecular complexity index is 708. The van der Waals surface area contributed by atoms with Crippen LogP contribution in [0.15, 0.2) is 10.9 Å². The third-order valence-electron chi connectivity index (χ3n) is 4.73. The molecular formula is C19H29N3O3. The lowest BCUT2D eigenvalue weighted by Crippen LogP contribution is -2.46. The van der Waals surface area contributed by atoms with Crippen molar-refractivity contribution in [3.8, 4) is 0 Å². The average molecular weight is 347 g/mol. The fourth-order valence-electron chi connectivity index (χ4n) is 3.24. The lowest BCUT2D eigenvalue weighted by molar-refractivity contribution is -0.142. The number of H-pyrrole nitrogens is 1. The predicted molar refractivity (Wildman–Crippen MR) is 97.1 cm³/mol. The highest BCUT2D eigenvalue weighted by Gasteiger charge is 2.32. The number of pyridine rings is 1. The van der Waals surface area contributed by atoms with Gasteiger partial charge in [-0.15, -0.1) is 0 Å². The maximum absolute atomic E-state index is 12.4. The van der Waals surface area contributed by atoms with Gasteiger partial charge in [-0.25, -0.2) is 0 Å². The zero-order chi connectivity index (χ0) is 18.8. The van der Waals surface area contributed by atoms with Crippen LogP contribution in [0.2, 0.25) is 0 Å². The van der Waals surface area contributed by atoms with Crippen LogP contribution >= 0.6 is 0 Å². The maximum atomic E-state index is 12.4. The van der Waals surface area contributed by atoms with Gasteiger partial charge < -0.3 is 15.2 Å². The first-order valence-corrected chi connectivity index (χ1v) is 8.86. The molecule has 1 saturated heterocycles. The Morgan fingerprint density at radius 2 is 1.84 bits per heavy atom. The highest BCUT2D eigenvalue weighted by molar-refractivity contribution is 5.82. The van der Waals surface area contributed by atoms with Crippen molar-refractivity contribution < 1.29 is 9.59 Å². The number of nitrogens with one attached hydrogen (secondary N) is 2. The molecule has 2 amide bonds. The van der Waals surface area contributed by atoms with Gasteiger partial charge in [0, 0.05) is 42.2 Å². The fraction of sp³-hybridized carbons (Fsp3) is 0.632. The van der Waals surface area contributed by atoms with Crippen molar-refractivity contribution >= 4 is 11.8 Å². The van der Waals surface area contributed by atoms with Gasteiger partial charge in [-0.2, -0.15) is 0 Å². The first-order chi connectivity index (χ1) is 11.6. The number of carbonyl (C=O) groups excluding carboxylic acids is 2. The van der Waals surface area contributed by atoms with Crippen LogP contribution in [0.3, 0.4) is 0 Å². The molecule has 6 nitrogen and oxygen atoms in total. The quantitative estimate of drug-likeness (QED) is 0.876. The van der Waals surface area contributed by atoms with Crippen LogP contribution in [-0.2, 0) is 16.1 Å². The van der Waals surface area contributed by atoms with Gasteiger partial charge in [0.05, 0.1) is 0 Å². The summed E-state index contributed by atoms with van der Waals surface area (Å²) in [7, 11) is 0. The largest absolute Gasteiger partial charge is 0.352 e. The molecule has 6 heteroatoms. The summed E-state index contributed by atoms with van der Waals surface area (Å²) in [6.07, 6.45) is 1.33. The molecule has 1 aliphatic rings. The van der Waals surface area contributed by atoms with E-state index < -0.39 is 0 Å². The first-order valence-electron chi connectivity index (χ1n) is 8.86. The number of hydrogen-bond donors (Lipinski definition) is 2. The van der Waals surface area contributed by atoms with E-state index in [4.69, 9.17) is 0 Å². The molecule has 25 heavy (non-hydrogen) atoms. The van der Waals surface area contributed by atoms with Crippen LogP contribution in [0.25, 0.3) is 0 Å². The van der Waals surface area contributed by atoms with E-state index in [1.807, 2.05) is 45.6 Å². The van der Waals surface area contributed by atoms with Crippen LogP contribution in [0.4, 0.5) is 0 Å². The Morgan fingerprint density at radius 3 is 2.36 bits per heavy atom. The first kappa shape index (κ1) is 19.2. The Kier molecular flexibility index (Phi) is 5.70. The van der Waals surface area contributed by atoms with Gasteiger partial charge in [0.15, 0.2) is 0 Å². The smallest absolute Gasteiger partial charge is 0.253 e. The van der Waals surface area contributed by atoms with E-state index in [-0.39, 0.29) is 35.3 Å². The highest BCUT2D eigenvalue weighted by Crippen LogP contribution is 2.23. The Balaban J connectivity index is 1.90. The number of aromatic amines is 1. The normalized spacial score (nSPS) is 16.0. The van der Waals surface area contributed by atoms with E-state index in [0.717, 1.165) is 11.3 Å². The number of piperidine rings is 1. The monoisotopic (exact) mass is 347 g/mol. The summed E-state index contributed by atoms with van der Waals surface area (Å²) in [6.45, 7) is 10.9. The van der Waals surface area contributed by atoms with Gasteiger partial charge in [-0.05, 0) is 38.3 Å². The molecule has 2 N–H and O–H groups in total. The van der Waals surface area contributed by atoms with Crippen molar-refractivity contribution in [2.24, 2.45) is 11.3 Å². The number of amides is 2. The molecule has 0 aliphatic carbocycles. The van der Waals surface area contributed by atoms with Gasteiger partial charge in [0.2, 0.25) is 11.8 Å². The van der Waals surface area contributed by atoms with Gasteiger partial charge >= 0.3 is 0 Å². The summed E-state index contributed by atoms with van der Waals surface area (Å²) < 4.78 is 0. The summed E-state index contributed by atoms with van der Waals surface area (Å²) in [5.74, 6) is -0.00995. The van der Waals surface area contributed by atoms with Crippen LogP contribution < -0.4 is 10.9 Å². The van der Waals surface area contributed by atoms with Gasteiger partial charge in [0.25, 0.3) is 5.56 Å². The zero-order valence-electron chi connectivity index (χ0n) is 15.9. The zero-order valence-corrected chi connectivity index (χ0v) is 15.9. The predicted octanol–water partition coefficient (Wildman–Crippen LogP) is 1.89. The molecule has 0 spiro atoms. The average Bonchev–Trinajstić information content (AvgIpc) is 2.52. The number of carbonyl (C=O) groups is 2. The fourth-order valence-corrected chi connectivity index (χ4v) is 3.24. The third kappa shape index (κ3) is 4.71. The molecule has 2 heterocycles. The van der Waals surface area contributed by atoms with Crippen LogP contribution in [0, 0.1) is 25.2 Å². The summed E-state index contributed by atoms with van der Waals surface area (Å²) >= 11 is 0. The van der Waals surface area contributed by atoms with E-state index in [1.165, 1.54) is 0 Å². The summed E-state index contributed by atoms with van der Waals surface area (Å²) in [4.78, 5) is 41.3. The highest BCUT2D eigenvalue weighted by atomic mass is 16.2. The Hall–Kier alpha value is -2.11. The molecule has 0 bridgehead atoms. The number of nitrogens with zero attached hydrogens (tertiary/aromatic N) is 1. The lowest BCUT2D eigenvalue weighted by atomic mass is 9.90. The molecule has 0 radical (unpaired) electrons. The number of aromatic nitrogens is 1. The summed E-state index contributed by atoms with van der Waals surface area (Å²) in [5.41, 5.74) is 1.75. The topological polar surface area (TPSA) is 82.3 Å². The number of aryl methyl sites for hydroxylation is 2. The van der Waals surface area contributed by atoms with Crippen LogP contribution in [0.1, 0.15) is 50.4 Å². The SMILES string of the molecule is Cc1cc(C)c(CNC(=O)C2CCN(C(=O)C(C)(C)C)CC2)c(=O)[nH]1. The summed E-state index contributed by atoms with van der Waals surface area (Å²) in [6, 6.07) is 1.90. The van der Waals surface area contributed by atoms with Crippen molar-refractivity contribution in [2.45, 2.75) is 54.0 Å². The maximum Gasteiger partial charge on any atom is 0.253 e. The Labute approximate surface area is 149 Å². The summed E-state index contributed by atoms with van der Waals surface area (Å²) in [5, 5.41) is 2.88. The van der Waals surface area contributed by atoms with Crippen molar-refractivity contribution in [3.05, 3.63) is 33.2 Å². The van der Waals surface area contributed by atoms with E-state index in [1.54, 1.807) is 0 Å². The van der Waals surface area contributed by atoms with Crippen molar-refractivity contribution in [3.63, 3.8) is 0 Å². The minimum atomic E-state index is -0.390. The standard InChI is InChI=1S/C19H29N3O3/c1-12-10-13(2)21-17(24)15(12)11-20-16(23)14-6-8-22(9-7-14)18(25)19(3,4)5/h10,14H,6-9,11H2,1-5H3,(H,20,23)(H,21,24). The van der Waals surface area contributed by atoms with Crippen molar-refractivity contribution in [1.82, 2.24) is 15.2 Å². The molecule has 0 atom stereocenters. The number of likely N-dealkylation sites (tertiary alicyclic amines) is 1. The lowest BCUT2D eigenvalue weighted by Gasteiger charge is -2.35. The second kappa shape index (κ2) is 7.42. The molecule has 1 aromatic heterocycles. The van der Waals surface area contributed by atoms with Gasteiger partial charge in [0.1, 0.15) is 0 Å². The second-order valence-electron chi connectivity index (χ2n) is 7.98. The number of rotatable bonds is 3. The molecule has 1 aliphatic heterocycles. The Morgan fingerprint density at radius 1 is 1.24 bits per heavy atom. The molecule has 0 unspecified atom stereocenters. The molecule has 1 aromatic rings. The molecular weight excluding hydrogens is 318 g/mol. The van der Waals surface area contributed by atoms with E-state index >= 15 is 0 Å². The van der Waals surface area contributed by atoms with Gasteiger partial charge in [-0.1, -0.05) is 20.8 Å². The van der Waals surface area contributed by atoms with Crippen LogP contribution in [-0.4, -0.2) is 34.8 Å². The second-order valence-corrected chi connectivity index (χ2v) is 7.98. The minimum absolute atomic E-state index is 0.0396.